The van der Waals surface area contributed by atoms with E-state index in [1.165, 1.54) is 28.3 Å². The molecule has 1 aromatic carbocycles. The van der Waals surface area contributed by atoms with E-state index in [0.717, 1.165) is 25.0 Å². The minimum atomic E-state index is -4.32. The molecule has 0 aliphatic carbocycles. The Hall–Kier alpha value is -2.21. The summed E-state index contributed by atoms with van der Waals surface area (Å²) in [6, 6.07) is 6.09. The largest absolute Gasteiger partial charge is 0.416 e. The molecule has 2 aromatic rings. The van der Waals surface area contributed by atoms with Crippen LogP contribution in [0.5, 0.6) is 0 Å². The van der Waals surface area contributed by atoms with Gasteiger partial charge in [0.15, 0.2) is 0 Å². The van der Waals surface area contributed by atoms with E-state index in [2.05, 4.69) is 47.0 Å². The van der Waals surface area contributed by atoms with Crippen molar-refractivity contribution in [1.29, 1.82) is 0 Å². The molecule has 150 valence electrons. The second-order valence-corrected chi connectivity index (χ2v) is 8.04. The third kappa shape index (κ3) is 3.46. The Morgan fingerprint density at radius 1 is 1.25 bits per heavy atom. The SMILES string of the molecule is Cc1ccc2c(c1)c1c(n2CCC2=CNC(C)C=C2C(F)(F)F)CCN(C)C1. The molecule has 0 fully saturated rings. The number of aryl methyl sites for hydroxylation is 2. The monoisotopic (exact) mass is 389 g/mol. The Kier molecular flexibility index (Phi) is 4.78. The van der Waals surface area contributed by atoms with E-state index in [1.54, 1.807) is 13.1 Å². The maximum absolute atomic E-state index is 13.5. The summed E-state index contributed by atoms with van der Waals surface area (Å²) >= 11 is 0. The number of benzene rings is 1. The van der Waals surface area contributed by atoms with Gasteiger partial charge in [0.25, 0.3) is 0 Å². The lowest BCUT2D eigenvalue weighted by molar-refractivity contribution is -0.0902. The first-order chi connectivity index (χ1) is 13.2. The van der Waals surface area contributed by atoms with Crippen LogP contribution in [0.4, 0.5) is 13.2 Å². The van der Waals surface area contributed by atoms with Crippen molar-refractivity contribution in [1.82, 2.24) is 14.8 Å². The van der Waals surface area contributed by atoms with Crippen LogP contribution in [0.2, 0.25) is 0 Å². The number of allylic oxidation sites excluding steroid dienone is 2. The molecule has 2 aliphatic rings. The van der Waals surface area contributed by atoms with Gasteiger partial charge in [0.05, 0.1) is 5.57 Å². The van der Waals surface area contributed by atoms with Crippen LogP contribution in [0, 0.1) is 6.92 Å². The molecular weight excluding hydrogens is 363 g/mol. The van der Waals surface area contributed by atoms with Crippen LogP contribution >= 0.6 is 0 Å². The number of fused-ring (bicyclic) bond motifs is 3. The molecule has 3 nitrogen and oxygen atoms in total. The number of likely N-dealkylation sites (N-methyl/N-ethyl adjacent to an activating group) is 1. The first-order valence-electron chi connectivity index (χ1n) is 9.77. The molecule has 0 amide bonds. The van der Waals surface area contributed by atoms with Gasteiger partial charge in [-0.3, -0.25) is 0 Å². The minimum absolute atomic E-state index is 0.306. The fraction of sp³-hybridized carbons (Fsp3) is 0.455. The zero-order chi connectivity index (χ0) is 20.1. The average molecular weight is 389 g/mol. The lowest BCUT2D eigenvalue weighted by atomic mass is 9.98. The van der Waals surface area contributed by atoms with E-state index in [1.807, 2.05) is 0 Å². The smallest absolute Gasteiger partial charge is 0.385 e. The molecular formula is C22H26F3N3. The summed E-state index contributed by atoms with van der Waals surface area (Å²) in [7, 11) is 2.11. The van der Waals surface area contributed by atoms with Gasteiger partial charge < -0.3 is 14.8 Å². The number of alkyl halides is 3. The number of halogens is 3. The van der Waals surface area contributed by atoms with E-state index >= 15 is 0 Å². The zero-order valence-electron chi connectivity index (χ0n) is 16.5. The molecule has 28 heavy (non-hydrogen) atoms. The third-order valence-corrected chi connectivity index (χ3v) is 5.79. The molecule has 6 heteroatoms. The van der Waals surface area contributed by atoms with Crippen molar-refractivity contribution in [2.24, 2.45) is 0 Å². The van der Waals surface area contributed by atoms with E-state index < -0.39 is 11.7 Å². The van der Waals surface area contributed by atoms with Crippen molar-refractivity contribution < 1.29 is 13.2 Å². The van der Waals surface area contributed by atoms with Gasteiger partial charge in [-0.1, -0.05) is 17.7 Å². The Balaban J connectivity index is 1.68. The number of dihydropyridines is 1. The van der Waals surface area contributed by atoms with Crippen LogP contribution in [0.1, 0.15) is 30.2 Å². The third-order valence-electron chi connectivity index (χ3n) is 5.79. The van der Waals surface area contributed by atoms with Crippen molar-refractivity contribution in [2.75, 3.05) is 13.6 Å². The van der Waals surface area contributed by atoms with Gasteiger partial charge >= 0.3 is 6.18 Å². The summed E-state index contributed by atoms with van der Waals surface area (Å²) in [6.45, 7) is 6.22. The summed E-state index contributed by atoms with van der Waals surface area (Å²) in [5.74, 6) is 0. The Labute approximate surface area is 163 Å². The predicted octanol–water partition coefficient (Wildman–Crippen LogP) is 4.69. The summed E-state index contributed by atoms with van der Waals surface area (Å²) in [5, 5.41) is 4.26. The van der Waals surface area contributed by atoms with Crippen LogP contribution in [0.15, 0.2) is 41.6 Å². The fourth-order valence-corrected chi connectivity index (χ4v) is 4.38. The highest BCUT2D eigenvalue weighted by molar-refractivity contribution is 5.86. The molecule has 2 aliphatic heterocycles. The quantitative estimate of drug-likeness (QED) is 0.822. The van der Waals surface area contributed by atoms with Gasteiger partial charge in [-0.05, 0) is 50.6 Å². The summed E-state index contributed by atoms with van der Waals surface area (Å²) < 4.78 is 42.7. The number of aromatic nitrogens is 1. The summed E-state index contributed by atoms with van der Waals surface area (Å²) in [4.78, 5) is 2.30. The summed E-state index contributed by atoms with van der Waals surface area (Å²) in [6.07, 6.45) is -0.207. The number of hydrogen-bond donors (Lipinski definition) is 1. The second kappa shape index (κ2) is 6.99. The van der Waals surface area contributed by atoms with E-state index in [4.69, 9.17) is 0 Å². The molecule has 1 aromatic heterocycles. The fourth-order valence-electron chi connectivity index (χ4n) is 4.38. The number of nitrogens with zero attached hydrogens (tertiary/aromatic N) is 2. The molecule has 1 unspecified atom stereocenters. The average Bonchev–Trinajstić information content (AvgIpc) is 2.92. The maximum atomic E-state index is 13.5. The van der Waals surface area contributed by atoms with Gasteiger partial charge in [-0.2, -0.15) is 13.2 Å². The maximum Gasteiger partial charge on any atom is 0.416 e. The molecule has 0 bridgehead atoms. The van der Waals surface area contributed by atoms with Crippen molar-refractivity contribution >= 4 is 10.9 Å². The lowest BCUT2D eigenvalue weighted by Gasteiger charge is -2.25. The first-order valence-corrected chi connectivity index (χ1v) is 9.77. The van der Waals surface area contributed by atoms with Gasteiger partial charge in [-0.25, -0.2) is 0 Å². The van der Waals surface area contributed by atoms with E-state index in [9.17, 15) is 13.2 Å². The highest BCUT2D eigenvalue weighted by Crippen LogP contribution is 2.36. The van der Waals surface area contributed by atoms with Crippen LogP contribution < -0.4 is 5.32 Å². The van der Waals surface area contributed by atoms with Crippen LogP contribution in [0.25, 0.3) is 10.9 Å². The normalized spacial score (nSPS) is 20.6. The van der Waals surface area contributed by atoms with Gasteiger partial charge in [0, 0.05) is 54.9 Å². The van der Waals surface area contributed by atoms with Crippen LogP contribution in [-0.4, -0.2) is 35.3 Å². The predicted molar refractivity (Wildman–Crippen MR) is 106 cm³/mol. The first kappa shape index (κ1) is 19.1. The molecule has 0 saturated carbocycles. The number of hydrogen-bond acceptors (Lipinski definition) is 2. The standard InChI is InChI=1S/C22H26F3N3/c1-14-4-5-20-17(10-14)18-13-27(3)8-7-21(18)28(20)9-6-16-12-26-15(2)11-19(16)22(23,24)25/h4-5,10-12,15,26H,6-9,13H2,1-3H3. The summed E-state index contributed by atoms with van der Waals surface area (Å²) in [5.41, 5.74) is 4.76. The van der Waals surface area contributed by atoms with Gasteiger partial charge in [0.1, 0.15) is 0 Å². The van der Waals surface area contributed by atoms with Gasteiger partial charge in [-0.15, -0.1) is 0 Å². The van der Waals surface area contributed by atoms with Crippen LogP contribution in [0.3, 0.4) is 0 Å². The Morgan fingerprint density at radius 2 is 2.04 bits per heavy atom. The lowest BCUT2D eigenvalue weighted by Crippen LogP contribution is -2.29. The highest BCUT2D eigenvalue weighted by atomic mass is 19.4. The minimum Gasteiger partial charge on any atom is -0.385 e. The molecule has 0 radical (unpaired) electrons. The van der Waals surface area contributed by atoms with E-state index in [-0.39, 0.29) is 6.04 Å². The Bertz CT molecular complexity index is 966. The highest BCUT2D eigenvalue weighted by Gasteiger charge is 2.37. The van der Waals surface area contributed by atoms with Crippen molar-refractivity contribution in [2.45, 2.75) is 52.0 Å². The molecule has 0 spiro atoms. The number of nitrogens with one attached hydrogen (secondary N) is 1. The van der Waals surface area contributed by atoms with E-state index in [0.29, 0.717) is 18.5 Å². The molecule has 1 atom stereocenters. The molecule has 1 N–H and O–H groups in total. The molecule has 3 heterocycles. The number of rotatable bonds is 3. The molecule has 0 saturated heterocycles. The van der Waals surface area contributed by atoms with Gasteiger partial charge in [0.2, 0.25) is 0 Å². The van der Waals surface area contributed by atoms with Crippen molar-refractivity contribution in [3.63, 3.8) is 0 Å². The van der Waals surface area contributed by atoms with Crippen molar-refractivity contribution in [3.05, 3.63) is 58.4 Å². The second-order valence-electron chi connectivity index (χ2n) is 8.04. The molecule has 4 rings (SSSR count). The van der Waals surface area contributed by atoms with Crippen molar-refractivity contribution in [3.8, 4) is 0 Å². The zero-order valence-corrected chi connectivity index (χ0v) is 16.5. The van der Waals surface area contributed by atoms with Crippen LogP contribution in [-0.2, 0) is 19.5 Å². The Morgan fingerprint density at radius 3 is 2.79 bits per heavy atom. The topological polar surface area (TPSA) is 20.2 Å².